The van der Waals surface area contributed by atoms with Crippen LogP contribution in [-0.4, -0.2) is 81.8 Å². The molecule has 8 nitrogen and oxygen atoms in total. The topological polar surface area (TPSA) is 85.7 Å². The van der Waals surface area contributed by atoms with Crippen molar-refractivity contribution in [1.29, 1.82) is 0 Å². The normalized spacial score (nSPS) is 18.4. The summed E-state index contributed by atoms with van der Waals surface area (Å²) in [7, 11) is 0. The van der Waals surface area contributed by atoms with Crippen LogP contribution in [0.3, 0.4) is 0 Å². The van der Waals surface area contributed by atoms with Crippen LogP contribution in [0.15, 0.2) is 64.8 Å². The Kier molecular flexibility index (Phi) is 5.48. The fourth-order valence-electron chi connectivity index (χ4n) is 3.99. The lowest BCUT2D eigenvalue weighted by Gasteiger charge is -2.36. The number of amidine groups is 1. The lowest BCUT2D eigenvalue weighted by atomic mass is 10.1. The van der Waals surface area contributed by atoms with Crippen LogP contribution in [0.1, 0.15) is 26.3 Å². The van der Waals surface area contributed by atoms with E-state index in [-0.39, 0.29) is 12.5 Å². The van der Waals surface area contributed by atoms with Crippen LogP contribution in [0.2, 0.25) is 0 Å². The third-order valence-corrected chi connectivity index (χ3v) is 6.79. The van der Waals surface area contributed by atoms with E-state index < -0.39 is 11.8 Å². The number of amides is 3. The van der Waals surface area contributed by atoms with Crippen LogP contribution >= 0.6 is 11.8 Å². The molecule has 0 radical (unpaired) electrons. The lowest BCUT2D eigenvalue weighted by molar-refractivity contribution is -0.132. The summed E-state index contributed by atoms with van der Waals surface area (Å²) in [6.45, 7) is 2.06. The zero-order chi connectivity index (χ0) is 22.1. The number of nitrogens with zero attached hydrogens (tertiary/aromatic N) is 5. The van der Waals surface area contributed by atoms with Crippen LogP contribution in [-0.2, 0) is 4.79 Å². The molecule has 0 aromatic heterocycles. The number of fused-ring (bicyclic) bond motifs is 1. The van der Waals surface area contributed by atoms with Gasteiger partial charge in [-0.3, -0.25) is 19.3 Å². The molecule has 3 aliphatic rings. The summed E-state index contributed by atoms with van der Waals surface area (Å²) in [5, 5.41) is 9.65. The third kappa shape index (κ3) is 3.80. The van der Waals surface area contributed by atoms with Gasteiger partial charge >= 0.3 is 0 Å². The van der Waals surface area contributed by atoms with E-state index in [0.29, 0.717) is 37.3 Å². The first-order valence-corrected chi connectivity index (χ1v) is 11.4. The van der Waals surface area contributed by atoms with Gasteiger partial charge in [-0.25, -0.2) is 0 Å². The largest absolute Gasteiger partial charge is 0.346 e. The number of piperazine rings is 1. The van der Waals surface area contributed by atoms with Gasteiger partial charge in [0.1, 0.15) is 6.54 Å². The summed E-state index contributed by atoms with van der Waals surface area (Å²) >= 11 is 1.65. The minimum Gasteiger partial charge on any atom is -0.346 e. The fraction of sp³-hybridized carbons (Fsp3) is 0.261. The van der Waals surface area contributed by atoms with E-state index in [1.807, 2.05) is 30.3 Å². The molecule has 0 atom stereocenters. The van der Waals surface area contributed by atoms with Gasteiger partial charge in [-0.05, 0) is 17.7 Å². The van der Waals surface area contributed by atoms with Crippen molar-refractivity contribution < 1.29 is 14.4 Å². The molecule has 3 heterocycles. The number of imide groups is 1. The molecule has 0 aliphatic carbocycles. The first-order chi connectivity index (χ1) is 15.6. The second-order valence-corrected chi connectivity index (χ2v) is 8.64. The highest BCUT2D eigenvalue weighted by Gasteiger charge is 2.37. The summed E-state index contributed by atoms with van der Waals surface area (Å²) in [6.07, 6.45) is 0. The molecule has 0 spiro atoms. The average molecular weight is 448 g/mol. The van der Waals surface area contributed by atoms with Crippen LogP contribution in [0.4, 0.5) is 0 Å². The summed E-state index contributed by atoms with van der Waals surface area (Å²) in [6, 6.07) is 16.7. The van der Waals surface area contributed by atoms with Gasteiger partial charge in [-0.1, -0.05) is 54.2 Å². The summed E-state index contributed by atoms with van der Waals surface area (Å²) in [4.78, 5) is 42.7. The number of thioether (sulfide) groups is 1. The second-order valence-electron chi connectivity index (χ2n) is 7.69. The number of benzene rings is 2. The predicted molar refractivity (Wildman–Crippen MR) is 123 cm³/mol. The Hall–Kier alpha value is -3.46. The van der Waals surface area contributed by atoms with Crippen molar-refractivity contribution in [3.8, 4) is 0 Å². The highest BCUT2D eigenvalue weighted by molar-refractivity contribution is 8.14. The molecule has 3 aliphatic heterocycles. The molecule has 162 valence electrons. The smallest absolute Gasteiger partial charge is 0.262 e. The monoisotopic (exact) mass is 447 g/mol. The summed E-state index contributed by atoms with van der Waals surface area (Å²) < 4.78 is 0. The van der Waals surface area contributed by atoms with Crippen molar-refractivity contribution in [2.75, 3.05) is 38.5 Å². The predicted octanol–water partition coefficient (Wildman–Crippen LogP) is 1.93. The average Bonchev–Trinajstić information content (AvgIpc) is 3.10. The SMILES string of the molecule is O=C(CN1C(=O)c2ccccc2C1=O)N1CCN(C2=NN=C(c3ccccc3)CS2)CC1. The van der Waals surface area contributed by atoms with Crippen molar-refractivity contribution >= 4 is 40.4 Å². The van der Waals surface area contributed by atoms with Gasteiger partial charge in [0.2, 0.25) is 5.91 Å². The van der Waals surface area contributed by atoms with Crippen molar-refractivity contribution in [1.82, 2.24) is 14.7 Å². The van der Waals surface area contributed by atoms with Crippen molar-refractivity contribution in [3.05, 3.63) is 71.3 Å². The molecule has 1 saturated heterocycles. The Labute approximate surface area is 189 Å². The molecule has 1 fully saturated rings. The molecule has 0 unspecified atom stereocenters. The van der Waals surface area contributed by atoms with Gasteiger partial charge in [0.25, 0.3) is 11.8 Å². The maximum absolute atomic E-state index is 12.8. The zero-order valence-electron chi connectivity index (χ0n) is 17.3. The molecule has 2 aromatic rings. The molecule has 9 heteroatoms. The molecular weight excluding hydrogens is 426 g/mol. The van der Waals surface area contributed by atoms with Crippen molar-refractivity contribution in [2.45, 2.75) is 0 Å². The molecule has 0 bridgehead atoms. The Balaban J connectivity index is 1.17. The number of hydrogen-bond donors (Lipinski definition) is 0. The minimum absolute atomic E-state index is 0.221. The summed E-state index contributed by atoms with van der Waals surface area (Å²) in [5.41, 5.74) is 2.75. The van der Waals surface area contributed by atoms with Crippen LogP contribution in [0.25, 0.3) is 0 Å². The highest BCUT2D eigenvalue weighted by atomic mass is 32.2. The van der Waals surface area contributed by atoms with Crippen molar-refractivity contribution in [2.24, 2.45) is 10.2 Å². The van der Waals surface area contributed by atoms with E-state index in [1.54, 1.807) is 40.9 Å². The molecule has 0 N–H and O–H groups in total. The summed E-state index contributed by atoms with van der Waals surface area (Å²) in [5.74, 6) is -0.279. The van der Waals surface area contributed by atoms with Gasteiger partial charge in [0.05, 0.1) is 16.8 Å². The van der Waals surface area contributed by atoms with Crippen LogP contribution in [0, 0.1) is 0 Å². The number of carbonyl (C=O) groups excluding carboxylic acids is 3. The minimum atomic E-state index is -0.405. The Bertz CT molecular complexity index is 1100. The quantitative estimate of drug-likeness (QED) is 0.672. The number of rotatable bonds is 3. The first-order valence-electron chi connectivity index (χ1n) is 10.4. The molecule has 3 amide bonds. The van der Waals surface area contributed by atoms with E-state index >= 15 is 0 Å². The second kappa shape index (κ2) is 8.58. The maximum atomic E-state index is 12.8. The van der Waals surface area contributed by atoms with E-state index in [0.717, 1.165) is 27.1 Å². The van der Waals surface area contributed by atoms with E-state index in [1.165, 1.54) is 0 Å². The Morgan fingerprint density at radius 2 is 1.47 bits per heavy atom. The Morgan fingerprint density at radius 1 is 0.844 bits per heavy atom. The fourth-order valence-corrected chi connectivity index (χ4v) is 4.94. The van der Waals surface area contributed by atoms with Gasteiger partial charge in [0.15, 0.2) is 5.17 Å². The standard InChI is InChI=1S/C23H21N5O3S/c29-20(14-28-21(30)17-8-4-5-9-18(17)22(28)31)26-10-12-27(13-11-26)23-25-24-19(15-32-23)16-6-2-1-3-7-16/h1-9H,10-15H2. The van der Waals surface area contributed by atoms with Crippen molar-refractivity contribution in [3.63, 3.8) is 0 Å². The van der Waals surface area contributed by atoms with E-state index in [4.69, 9.17) is 0 Å². The highest BCUT2D eigenvalue weighted by Crippen LogP contribution is 2.23. The molecular formula is C23H21N5O3S. The van der Waals surface area contributed by atoms with Crippen LogP contribution in [0.5, 0.6) is 0 Å². The van der Waals surface area contributed by atoms with Gasteiger partial charge < -0.3 is 9.80 Å². The molecule has 2 aromatic carbocycles. The zero-order valence-corrected chi connectivity index (χ0v) is 18.1. The maximum Gasteiger partial charge on any atom is 0.262 e. The van der Waals surface area contributed by atoms with E-state index in [9.17, 15) is 14.4 Å². The molecule has 32 heavy (non-hydrogen) atoms. The van der Waals surface area contributed by atoms with E-state index in [2.05, 4.69) is 15.1 Å². The molecule has 5 rings (SSSR count). The first kappa shape index (κ1) is 20.4. The number of carbonyl (C=O) groups is 3. The third-order valence-electron chi connectivity index (χ3n) is 5.78. The Morgan fingerprint density at radius 3 is 2.06 bits per heavy atom. The van der Waals surface area contributed by atoms with Gasteiger partial charge in [-0.2, -0.15) is 5.10 Å². The van der Waals surface area contributed by atoms with Gasteiger partial charge in [0, 0.05) is 31.9 Å². The lowest BCUT2D eigenvalue weighted by Crippen LogP contribution is -2.52. The van der Waals surface area contributed by atoms with Crippen LogP contribution < -0.4 is 0 Å². The molecule has 0 saturated carbocycles. The van der Waals surface area contributed by atoms with Gasteiger partial charge in [-0.15, -0.1) is 5.10 Å². The number of hydrogen-bond acceptors (Lipinski definition) is 7.